The van der Waals surface area contributed by atoms with E-state index in [2.05, 4.69) is 59.3 Å². The van der Waals surface area contributed by atoms with E-state index in [-0.39, 0.29) is 0 Å². The number of aliphatic imine (C=N–C) groups is 1. The molecule has 3 rings (SSSR count). The van der Waals surface area contributed by atoms with Gasteiger partial charge in [-0.1, -0.05) is 24.3 Å². The molecule has 20 heavy (non-hydrogen) atoms. The third-order valence-electron chi connectivity index (χ3n) is 3.31. The van der Waals surface area contributed by atoms with Gasteiger partial charge in [0.05, 0.1) is 17.6 Å². The SMILES string of the molecule is CN(C)c1cccc2cccc(N=Cc3ccc[nH]3)c12. The van der Waals surface area contributed by atoms with E-state index in [1.54, 1.807) is 0 Å². The molecule has 1 N–H and O–H groups in total. The van der Waals surface area contributed by atoms with Gasteiger partial charge >= 0.3 is 0 Å². The molecular weight excluding hydrogens is 246 g/mol. The van der Waals surface area contributed by atoms with Gasteiger partial charge in [0.25, 0.3) is 0 Å². The Labute approximate surface area is 118 Å². The van der Waals surface area contributed by atoms with Crippen LogP contribution in [0.15, 0.2) is 59.7 Å². The topological polar surface area (TPSA) is 31.4 Å². The molecule has 0 aliphatic rings. The third-order valence-corrected chi connectivity index (χ3v) is 3.31. The lowest BCUT2D eigenvalue weighted by atomic mass is 10.1. The zero-order chi connectivity index (χ0) is 13.9. The van der Waals surface area contributed by atoms with E-state index in [0.717, 1.165) is 11.4 Å². The maximum atomic E-state index is 4.64. The number of H-pyrrole nitrogens is 1. The van der Waals surface area contributed by atoms with Crippen LogP contribution < -0.4 is 4.90 Å². The van der Waals surface area contributed by atoms with Crippen LogP contribution in [0.25, 0.3) is 10.8 Å². The summed E-state index contributed by atoms with van der Waals surface area (Å²) in [7, 11) is 4.11. The van der Waals surface area contributed by atoms with Crippen LogP contribution in [0.4, 0.5) is 11.4 Å². The molecule has 0 saturated heterocycles. The Morgan fingerprint density at radius 3 is 2.50 bits per heavy atom. The second kappa shape index (κ2) is 5.21. The van der Waals surface area contributed by atoms with Crippen LogP contribution in [0.5, 0.6) is 0 Å². The highest BCUT2D eigenvalue weighted by molar-refractivity contribution is 6.03. The lowest BCUT2D eigenvalue weighted by Crippen LogP contribution is -2.08. The molecule has 0 saturated carbocycles. The Morgan fingerprint density at radius 1 is 1.00 bits per heavy atom. The predicted octanol–water partition coefficient (Wildman–Crippen LogP) is 3.98. The second-order valence-electron chi connectivity index (χ2n) is 4.93. The first-order chi connectivity index (χ1) is 9.75. The van der Waals surface area contributed by atoms with Gasteiger partial charge in [-0.25, -0.2) is 0 Å². The average molecular weight is 263 g/mol. The van der Waals surface area contributed by atoms with Crippen LogP contribution >= 0.6 is 0 Å². The number of fused-ring (bicyclic) bond motifs is 1. The minimum atomic E-state index is 0.987. The molecule has 3 nitrogen and oxygen atoms in total. The molecule has 3 aromatic rings. The number of hydrogen-bond donors (Lipinski definition) is 1. The molecule has 3 heteroatoms. The average Bonchev–Trinajstić information content (AvgIpc) is 2.97. The van der Waals surface area contributed by atoms with E-state index in [1.807, 2.05) is 30.6 Å². The molecular formula is C17H17N3. The van der Waals surface area contributed by atoms with Gasteiger partial charge < -0.3 is 9.88 Å². The van der Waals surface area contributed by atoms with Crippen LogP contribution in [0.2, 0.25) is 0 Å². The van der Waals surface area contributed by atoms with Gasteiger partial charge in [-0.2, -0.15) is 0 Å². The summed E-state index contributed by atoms with van der Waals surface area (Å²) in [4.78, 5) is 9.89. The molecule has 0 fully saturated rings. The van der Waals surface area contributed by atoms with Crippen molar-refractivity contribution >= 4 is 28.4 Å². The van der Waals surface area contributed by atoms with Crippen LogP contribution in [-0.2, 0) is 0 Å². The first-order valence-corrected chi connectivity index (χ1v) is 6.62. The van der Waals surface area contributed by atoms with E-state index in [9.17, 15) is 0 Å². The van der Waals surface area contributed by atoms with Crippen LogP contribution in [-0.4, -0.2) is 25.3 Å². The van der Waals surface area contributed by atoms with Crippen molar-refractivity contribution in [2.45, 2.75) is 0 Å². The molecule has 0 atom stereocenters. The monoisotopic (exact) mass is 263 g/mol. The second-order valence-corrected chi connectivity index (χ2v) is 4.93. The van der Waals surface area contributed by atoms with E-state index < -0.39 is 0 Å². The molecule has 0 unspecified atom stereocenters. The zero-order valence-electron chi connectivity index (χ0n) is 11.7. The predicted molar refractivity (Wildman–Crippen MR) is 86.3 cm³/mol. The third kappa shape index (κ3) is 2.30. The van der Waals surface area contributed by atoms with E-state index in [1.165, 1.54) is 16.5 Å². The first-order valence-electron chi connectivity index (χ1n) is 6.62. The molecule has 0 amide bonds. The molecule has 0 spiro atoms. The molecule has 0 aliphatic carbocycles. The molecule has 0 aliphatic heterocycles. The van der Waals surface area contributed by atoms with Crippen LogP contribution in [0.3, 0.4) is 0 Å². The number of aromatic amines is 1. The lowest BCUT2D eigenvalue weighted by molar-refractivity contribution is 1.14. The van der Waals surface area contributed by atoms with Gasteiger partial charge in [0.15, 0.2) is 0 Å². The highest BCUT2D eigenvalue weighted by Gasteiger charge is 2.06. The van der Waals surface area contributed by atoms with Gasteiger partial charge in [0, 0.05) is 31.4 Å². The highest BCUT2D eigenvalue weighted by Crippen LogP contribution is 2.33. The summed E-state index contributed by atoms with van der Waals surface area (Å²) < 4.78 is 0. The maximum Gasteiger partial charge on any atom is 0.0729 e. The Morgan fingerprint density at radius 2 is 1.80 bits per heavy atom. The summed E-state index contributed by atoms with van der Waals surface area (Å²) in [6.07, 6.45) is 3.76. The summed E-state index contributed by atoms with van der Waals surface area (Å²) in [5.41, 5.74) is 3.17. The summed E-state index contributed by atoms with van der Waals surface area (Å²) in [6, 6.07) is 16.5. The van der Waals surface area contributed by atoms with Gasteiger partial charge in [0.2, 0.25) is 0 Å². The number of nitrogens with zero attached hydrogens (tertiary/aromatic N) is 2. The lowest BCUT2D eigenvalue weighted by Gasteiger charge is -2.16. The Balaban J connectivity index is 2.15. The van der Waals surface area contributed by atoms with Crippen LogP contribution in [0, 0.1) is 0 Å². The standard InChI is InChI=1S/C17H17N3/c1-20(2)16-10-4-7-13-6-3-9-15(17(13)16)19-12-14-8-5-11-18-14/h3-12,18H,1-2H3. The molecule has 2 aromatic carbocycles. The quantitative estimate of drug-likeness (QED) is 0.712. The number of benzene rings is 2. The largest absolute Gasteiger partial charge is 0.377 e. The molecule has 0 bridgehead atoms. The Kier molecular flexibility index (Phi) is 3.25. The zero-order valence-corrected chi connectivity index (χ0v) is 11.7. The summed E-state index contributed by atoms with van der Waals surface area (Å²) in [6.45, 7) is 0. The van der Waals surface area contributed by atoms with E-state index in [4.69, 9.17) is 0 Å². The van der Waals surface area contributed by atoms with Crippen molar-refractivity contribution < 1.29 is 0 Å². The number of rotatable bonds is 3. The maximum absolute atomic E-state index is 4.64. The molecule has 1 heterocycles. The summed E-state index contributed by atoms with van der Waals surface area (Å²) in [5, 5.41) is 2.39. The fraction of sp³-hybridized carbons (Fsp3) is 0.118. The van der Waals surface area contributed by atoms with Crippen molar-refractivity contribution in [1.29, 1.82) is 0 Å². The van der Waals surface area contributed by atoms with Crippen molar-refractivity contribution in [1.82, 2.24) is 4.98 Å². The fourth-order valence-corrected chi connectivity index (χ4v) is 2.35. The van der Waals surface area contributed by atoms with E-state index >= 15 is 0 Å². The number of hydrogen-bond acceptors (Lipinski definition) is 2. The fourth-order valence-electron chi connectivity index (χ4n) is 2.35. The van der Waals surface area contributed by atoms with Crippen molar-refractivity contribution in [2.24, 2.45) is 4.99 Å². The molecule has 0 radical (unpaired) electrons. The van der Waals surface area contributed by atoms with Gasteiger partial charge in [-0.3, -0.25) is 4.99 Å². The van der Waals surface area contributed by atoms with Gasteiger partial charge in [-0.15, -0.1) is 0 Å². The Hall–Kier alpha value is -2.55. The smallest absolute Gasteiger partial charge is 0.0729 e. The van der Waals surface area contributed by atoms with Crippen molar-refractivity contribution in [3.63, 3.8) is 0 Å². The summed E-state index contributed by atoms with van der Waals surface area (Å²) in [5.74, 6) is 0. The van der Waals surface area contributed by atoms with Crippen molar-refractivity contribution in [2.75, 3.05) is 19.0 Å². The van der Waals surface area contributed by atoms with E-state index in [0.29, 0.717) is 0 Å². The minimum absolute atomic E-state index is 0.987. The number of nitrogens with one attached hydrogen (secondary N) is 1. The highest BCUT2D eigenvalue weighted by atomic mass is 15.1. The van der Waals surface area contributed by atoms with Crippen molar-refractivity contribution in [3.8, 4) is 0 Å². The van der Waals surface area contributed by atoms with Crippen LogP contribution in [0.1, 0.15) is 5.69 Å². The first kappa shape index (κ1) is 12.5. The Bertz CT molecular complexity index is 735. The van der Waals surface area contributed by atoms with Crippen molar-refractivity contribution in [3.05, 3.63) is 60.4 Å². The number of aromatic nitrogens is 1. The van der Waals surface area contributed by atoms with Gasteiger partial charge in [0.1, 0.15) is 0 Å². The molecule has 100 valence electrons. The normalized spacial score (nSPS) is 11.3. The minimum Gasteiger partial charge on any atom is -0.377 e. The summed E-state index contributed by atoms with van der Waals surface area (Å²) >= 11 is 0. The molecule has 1 aromatic heterocycles. The number of anilines is 1. The van der Waals surface area contributed by atoms with Gasteiger partial charge in [-0.05, 0) is 29.7 Å².